The van der Waals surface area contributed by atoms with E-state index >= 15 is 0 Å². The fourth-order valence-corrected chi connectivity index (χ4v) is 3.50. The molecule has 150 valence electrons. The molecule has 0 bridgehead atoms. The molecule has 0 unspecified atom stereocenters. The van der Waals surface area contributed by atoms with E-state index in [0.717, 1.165) is 22.6 Å². The van der Waals surface area contributed by atoms with Crippen LogP contribution in [0.15, 0.2) is 59.5 Å². The van der Waals surface area contributed by atoms with Crippen molar-refractivity contribution in [1.29, 1.82) is 0 Å². The summed E-state index contributed by atoms with van der Waals surface area (Å²) < 4.78 is 5.28. The highest BCUT2D eigenvalue weighted by Gasteiger charge is 2.26. The van der Waals surface area contributed by atoms with Crippen molar-refractivity contribution in [3.8, 4) is 5.75 Å². The Morgan fingerprint density at radius 1 is 1.14 bits per heavy atom. The van der Waals surface area contributed by atoms with Gasteiger partial charge in [0, 0.05) is 18.0 Å². The van der Waals surface area contributed by atoms with Gasteiger partial charge in [-0.05, 0) is 43.2 Å². The number of thioether (sulfide) groups is 1. The quantitative estimate of drug-likeness (QED) is 0.618. The molecule has 0 aliphatic carbocycles. The summed E-state index contributed by atoms with van der Waals surface area (Å²) in [5, 5.41) is 2.89. The average molecular weight is 401 g/mol. The van der Waals surface area contributed by atoms with Gasteiger partial charge >= 0.3 is 0 Å². The molecular formula is C22H28N2O3S. The zero-order valence-electron chi connectivity index (χ0n) is 16.7. The first-order chi connectivity index (χ1) is 13.5. The SMILES string of the molecule is CCCNC(=O)[C@@H](C)N(Cc1cccc(OC)c1)C(=O)CSc1ccccc1. The van der Waals surface area contributed by atoms with Crippen molar-refractivity contribution in [3.63, 3.8) is 0 Å². The van der Waals surface area contributed by atoms with E-state index in [-0.39, 0.29) is 17.6 Å². The van der Waals surface area contributed by atoms with Crippen molar-refractivity contribution >= 4 is 23.6 Å². The van der Waals surface area contributed by atoms with Gasteiger partial charge in [-0.1, -0.05) is 37.3 Å². The van der Waals surface area contributed by atoms with Gasteiger partial charge in [-0.3, -0.25) is 9.59 Å². The fourth-order valence-electron chi connectivity index (χ4n) is 2.69. The van der Waals surface area contributed by atoms with Gasteiger partial charge in [0.05, 0.1) is 12.9 Å². The number of rotatable bonds is 10. The lowest BCUT2D eigenvalue weighted by Gasteiger charge is -2.29. The van der Waals surface area contributed by atoms with Crippen LogP contribution in [0.1, 0.15) is 25.8 Å². The summed E-state index contributed by atoms with van der Waals surface area (Å²) in [5.41, 5.74) is 0.924. The molecule has 2 aromatic rings. The van der Waals surface area contributed by atoms with Gasteiger partial charge in [-0.15, -0.1) is 11.8 Å². The number of carbonyl (C=O) groups excluding carboxylic acids is 2. The van der Waals surface area contributed by atoms with Crippen molar-refractivity contribution in [2.24, 2.45) is 0 Å². The maximum absolute atomic E-state index is 13.0. The molecule has 5 nitrogen and oxygen atoms in total. The first-order valence-electron chi connectivity index (χ1n) is 9.43. The van der Waals surface area contributed by atoms with Crippen LogP contribution in [-0.2, 0) is 16.1 Å². The van der Waals surface area contributed by atoms with Gasteiger partial charge in [0.1, 0.15) is 11.8 Å². The number of carbonyl (C=O) groups is 2. The van der Waals surface area contributed by atoms with E-state index in [1.54, 1.807) is 18.9 Å². The molecule has 1 atom stereocenters. The van der Waals surface area contributed by atoms with E-state index in [1.807, 2.05) is 61.5 Å². The summed E-state index contributed by atoms with van der Waals surface area (Å²) in [6.45, 7) is 4.73. The number of hydrogen-bond acceptors (Lipinski definition) is 4. The zero-order valence-corrected chi connectivity index (χ0v) is 17.5. The Hall–Kier alpha value is -2.47. The molecule has 0 aliphatic heterocycles. The van der Waals surface area contributed by atoms with E-state index in [4.69, 9.17) is 4.74 Å². The summed E-state index contributed by atoms with van der Waals surface area (Å²) in [5.74, 6) is 0.796. The van der Waals surface area contributed by atoms with Crippen molar-refractivity contribution in [1.82, 2.24) is 10.2 Å². The standard InChI is InChI=1S/C22H28N2O3S/c1-4-13-23-22(26)17(2)24(15-18-9-8-10-19(14-18)27-3)21(25)16-28-20-11-6-5-7-12-20/h5-12,14,17H,4,13,15-16H2,1-3H3,(H,23,26)/t17-/m1/s1. The highest BCUT2D eigenvalue weighted by atomic mass is 32.2. The Balaban J connectivity index is 2.13. The predicted molar refractivity (Wildman–Crippen MR) is 113 cm³/mol. The third kappa shape index (κ3) is 6.60. The Labute approximate surface area is 171 Å². The first-order valence-corrected chi connectivity index (χ1v) is 10.4. The smallest absolute Gasteiger partial charge is 0.242 e. The molecule has 6 heteroatoms. The third-order valence-corrected chi connectivity index (χ3v) is 5.31. The van der Waals surface area contributed by atoms with Crippen LogP contribution in [0, 0.1) is 0 Å². The summed E-state index contributed by atoms with van der Waals surface area (Å²) in [7, 11) is 1.61. The lowest BCUT2D eigenvalue weighted by Crippen LogP contribution is -2.48. The highest BCUT2D eigenvalue weighted by Crippen LogP contribution is 2.20. The van der Waals surface area contributed by atoms with Gasteiger partial charge in [-0.2, -0.15) is 0 Å². The Morgan fingerprint density at radius 3 is 2.57 bits per heavy atom. The predicted octanol–water partition coefficient (Wildman–Crippen LogP) is 3.73. The van der Waals surface area contributed by atoms with Crippen molar-refractivity contribution in [2.45, 2.75) is 37.8 Å². The molecule has 0 saturated heterocycles. The molecule has 0 spiro atoms. The van der Waals surface area contributed by atoms with E-state index in [1.165, 1.54) is 11.8 Å². The van der Waals surface area contributed by atoms with Crippen LogP contribution in [-0.4, -0.2) is 42.2 Å². The van der Waals surface area contributed by atoms with Crippen LogP contribution < -0.4 is 10.1 Å². The highest BCUT2D eigenvalue weighted by molar-refractivity contribution is 8.00. The van der Waals surface area contributed by atoms with Crippen LogP contribution in [0.2, 0.25) is 0 Å². The monoisotopic (exact) mass is 400 g/mol. The van der Waals surface area contributed by atoms with Crippen LogP contribution in [0.5, 0.6) is 5.75 Å². The Morgan fingerprint density at radius 2 is 1.89 bits per heavy atom. The lowest BCUT2D eigenvalue weighted by atomic mass is 10.1. The zero-order chi connectivity index (χ0) is 20.4. The molecular weight excluding hydrogens is 372 g/mol. The van der Waals surface area contributed by atoms with Crippen molar-refractivity contribution in [3.05, 3.63) is 60.2 Å². The molecule has 0 saturated carbocycles. The molecule has 1 N–H and O–H groups in total. The molecule has 0 aliphatic rings. The maximum Gasteiger partial charge on any atom is 0.242 e. The average Bonchev–Trinajstić information content (AvgIpc) is 2.74. The molecule has 2 amide bonds. The van der Waals surface area contributed by atoms with Crippen LogP contribution in [0.3, 0.4) is 0 Å². The maximum atomic E-state index is 13.0. The number of methoxy groups -OCH3 is 1. The van der Waals surface area contributed by atoms with Crippen LogP contribution >= 0.6 is 11.8 Å². The van der Waals surface area contributed by atoms with Crippen LogP contribution in [0.4, 0.5) is 0 Å². The molecule has 0 radical (unpaired) electrons. The summed E-state index contributed by atoms with van der Waals surface area (Å²) in [4.78, 5) is 28.2. The second kappa shape index (κ2) is 11.4. The second-order valence-corrected chi connectivity index (χ2v) is 7.49. The molecule has 2 rings (SSSR count). The molecule has 28 heavy (non-hydrogen) atoms. The largest absolute Gasteiger partial charge is 0.497 e. The van der Waals surface area contributed by atoms with Gasteiger partial charge in [0.25, 0.3) is 0 Å². The normalized spacial score (nSPS) is 11.5. The van der Waals surface area contributed by atoms with E-state index in [0.29, 0.717) is 13.1 Å². The lowest BCUT2D eigenvalue weighted by molar-refractivity contribution is -0.138. The van der Waals surface area contributed by atoms with Gasteiger partial charge in [0.15, 0.2) is 0 Å². The van der Waals surface area contributed by atoms with Crippen molar-refractivity contribution < 1.29 is 14.3 Å². The molecule has 0 aromatic heterocycles. The second-order valence-electron chi connectivity index (χ2n) is 6.44. The molecule has 0 heterocycles. The van der Waals surface area contributed by atoms with E-state index < -0.39 is 6.04 Å². The fraction of sp³-hybridized carbons (Fsp3) is 0.364. The first kappa shape index (κ1) is 21.8. The summed E-state index contributed by atoms with van der Waals surface area (Å²) in [6, 6.07) is 16.8. The molecule has 2 aromatic carbocycles. The number of nitrogens with one attached hydrogen (secondary N) is 1. The number of ether oxygens (including phenoxy) is 1. The number of hydrogen-bond donors (Lipinski definition) is 1. The van der Waals surface area contributed by atoms with Gasteiger partial charge in [-0.25, -0.2) is 0 Å². The van der Waals surface area contributed by atoms with E-state index in [2.05, 4.69) is 5.32 Å². The van der Waals surface area contributed by atoms with Gasteiger partial charge in [0.2, 0.25) is 11.8 Å². The number of amides is 2. The van der Waals surface area contributed by atoms with Crippen LogP contribution in [0.25, 0.3) is 0 Å². The Bertz CT molecular complexity index is 767. The summed E-state index contributed by atoms with van der Waals surface area (Å²) in [6.07, 6.45) is 0.853. The third-order valence-electron chi connectivity index (χ3n) is 4.31. The minimum Gasteiger partial charge on any atom is -0.497 e. The van der Waals surface area contributed by atoms with Gasteiger partial charge < -0.3 is 15.0 Å². The topological polar surface area (TPSA) is 58.6 Å². The summed E-state index contributed by atoms with van der Waals surface area (Å²) >= 11 is 1.47. The minimum atomic E-state index is -0.554. The van der Waals surface area contributed by atoms with Crippen molar-refractivity contribution in [2.75, 3.05) is 19.4 Å². The number of benzene rings is 2. The van der Waals surface area contributed by atoms with E-state index in [9.17, 15) is 9.59 Å². The number of nitrogens with zero attached hydrogens (tertiary/aromatic N) is 1. The molecule has 0 fully saturated rings. The Kier molecular flexibility index (Phi) is 8.88. The minimum absolute atomic E-state index is 0.0733.